The lowest BCUT2D eigenvalue weighted by atomic mass is 10.3. The van der Waals surface area contributed by atoms with Crippen LogP contribution < -0.4 is 4.74 Å². The zero-order valence-corrected chi connectivity index (χ0v) is 7.75. The number of benzene rings is 1. The van der Waals surface area contributed by atoms with Crippen molar-refractivity contribution in [2.24, 2.45) is 0 Å². The Morgan fingerprint density at radius 2 is 2.15 bits per heavy atom. The van der Waals surface area contributed by atoms with Gasteiger partial charge in [0.2, 0.25) is 5.88 Å². The van der Waals surface area contributed by atoms with Crippen LogP contribution in [0.2, 0.25) is 5.02 Å². The molecule has 0 unspecified atom stereocenters. The number of rotatable bonds is 1. The van der Waals surface area contributed by atoms with Gasteiger partial charge in [-0.3, -0.25) is 0 Å². The molecular formula is C9H7ClN2O. The van der Waals surface area contributed by atoms with E-state index in [9.17, 15) is 0 Å². The van der Waals surface area contributed by atoms with E-state index in [-0.39, 0.29) is 0 Å². The van der Waals surface area contributed by atoms with Gasteiger partial charge in [0.25, 0.3) is 0 Å². The van der Waals surface area contributed by atoms with Gasteiger partial charge in [0.1, 0.15) is 0 Å². The predicted molar refractivity (Wildman–Crippen MR) is 51.1 cm³/mol. The molecule has 1 aromatic heterocycles. The fourth-order valence-electron chi connectivity index (χ4n) is 1.07. The van der Waals surface area contributed by atoms with Crippen molar-refractivity contribution in [3.63, 3.8) is 0 Å². The van der Waals surface area contributed by atoms with Crippen molar-refractivity contribution in [1.29, 1.82) is 0 Å². The predicted octanol–water partition coefficient (Wildman–Crippen LogP) is 2.29. The molecule has 0 atom stereocenters. The van der Waals surface area contributed by atoms with Crippen molar-refractivity contribution in [3.8, 4) is 5.88 Å². The molecule has 0 saturated heterocycles. The molecule has 0 aliphatic rings. The van der Waals surface area contributed by atoms with Crippen molar-refractivity contribution in [2.75, 3.05) is 7.11 Å². The maximum atomic E-state index is 5.79. The van der Waals surface area contributed by atoms with Crippen LogP contribution in [0.3, 0.4) is 0 Å². The van der Waals surface area contributed by atoms with Crippen LogP contribution in [0, 0.1) is 0 Å². The standard InChI is InChI=1S/C9H7ClN2O/c1-13-9-5-11-8-4-6(10)2-3-7(8)12-9/h2-5H,1H3. The van der Waals surface area contributed by atoms with E-state index in [1.807, 2.05) is 6.07 Å². The molecule has 0 aliphatic heterocycles. The first kappa shape index (κ1) is 8.26. The highest BCUT2D eigenvalue weighted by Gasteiger charge is 1.99. The van der Waals surface area contributed by atoms with Crippen LogP contribution in [0.4, 0.5) is 0 Å². The molecule has 66 valence electrons. The molecule has 4 heteroatoms. The molecule has 0 N–H and O–H groups in total. The van der Waals surface area contributed by atoms with Gasteiger partial charge >= 0.3 is 0 Å². The number of methoxy groups -OCH3 is 1. The van der Waals surface area contributed by atoms with Crippen LogP contribution in [0.15, 0.2) is 24.4 Å². The molecular weight excluding hydrogens is 188 g/mol. The Balaban J connectivity index is 2.66. The molecule has 1 heterocycles. The number of aromatic nitrogens is 2. The molecule has 0 amide bonds. The summed E-state index contributed by atoms with van der Waals surface area (Å²) in [5.41, 5.74) is 1.55. The zero-order valence-electron chi connectivity index (χ0n) is 6.99. The van der Waals surface area contributed by atoms with Crippen LogP contribution in [0.25, 0.3) is 11.0 Å². The second-order valence-electron chi connectivity index (χ2n) is 2.55. The highest BCUT2D eigenvalue weighted by molar-refractivity contribution is 6.31. The van der Waals surface area contributed by atoms with Gasteiger partial charge in [-0.25, -0.2) is 9.97 Å². The van der Waals surface area contributed by atoms with Gasteiger partial charge in [-0.1, -0.05) is 11.6 Å². The van der Waals surface area contributed by atoms with E-state index in [0.29, 0.717) is 10.9 Å². The lowest BCUT2D eigenvalue weighted by molar-refractivity contribution is 0.397. The van der Waals surface area contributed by atoms with Crippen molar-refractivity contribution in [1.82, 2.24) is 9.97 Å². The average molecular weight is 195 g/mol. The SMILES string of the molecule is COc1cnc2cc(Cl)ccc2n1. The number of hydrogen-bond acceptors (Lipinski definition) is 3. The Labute approximate surface area is 80.3 Å². The Morgan fingerprint density at radius 3 is 2.92 bits per heavy atom. The number of hydrogen-bond donors (Lipinski definition) is 0. The molecule has 1 aromatic carbocycles. The summed E-state index contributed by atoms with van der Waals surface area (Å²) >= 11 is 5.79. The Morgan fingerprint density at radius 1 is 1.31 bits per heavy atom. The summed E-state index contributed by atoms with van der Waals surface area (Å²) in [7, 11) is 1.56. The summed E-state index contributed by atoms with van der Waals surface area (Å²) in [4.78, 5) is 8.33. The van der Waals surface area contributed by atoms with Crippen LogP contribution in [-0.2, 0) is 0 Å². The lowest BCUT2D eigenvalue weighted by Crippen LogP contribution is -1.89. The molecule has 0 saturated carbocycles. The van der Waals surface area contributed by atoms with Crippen LogP contribution in [0.5, 0.6) is 5.88 Å². The number of halogens is 1. The second kappa shape index (κ2) is 3.18. The molecule has 0 radical (unpaired) electrons. The van der Waals surface area contributed by atoms with Crippen LogP contribution in [-0.4, -0.2) is 17.1 Å². The minimum Gasteiger partial charge on any atom is -0.480 e. The fourth-order valence-corrected chi connectivity index (χ4v) is 1.23. The van der Waals surface area contributed by atoms with E-state index in [0.717, 1.165) is 11.0 Å². The smallest absolute Gasteiger partial charge is 0.232 e. The lowest BCUT2D eigenvalue weighted by Gasteiger charge is -2.00. The second-order valence-corrected chi connectivity index (χ2v) is 2.98. The van der Waals surface area contributed by atoms with E-state index in [1.54, 1.807) is 25.4 Å². The number of fused-ring (bicyclic) bond motifs is 1. The van der Waals surface area contributed by atoms with Gasteiger partial charge in [0.15, 0.2) is 0 Å². The van der Waals surface area contributed by atoms with E-state index < -0.39 is 0 Å². The van der Waals surface area contributed by atoms with Crippen molar-refractivity contribution >= 4 is 22.6 Å². The summed E-state index contributed by atoms with van der Waals surface area (Å²) in [6.45, 7) is 0. The first-order chi connectivity index (χ1) is 6.29. The maximum absolute atomic E-state index is 5.79. The molecule has 0 spiro atoms. The molecule has 2 aromatic rings. The number of ether oxygens (including phenoxy) is 1. The maximum Gasteiger partial charge on any atom is 0.232 e. The van der Waals surface area contributed by atoms with Gasteiger partial charge in [0, 0.05) is 5.02 Å². The van der Waals surface area contributed by atoms with Gasteiger partial charge < -0.3 is 4.74 Å². The van der Waals surface area contributed by atoms with Gasteiger partial charge in [-0.2, -0.15) is 0 Å². The summed E-state index contributed by atoms with van der Waals surface area (Å²) in [5.74, 6) is 0.509. The van der Waals surface area contributed by atoms with Gasteiger partial charge in [0.05, 0.1) is 24.3 Å². The monoisotopic (exact) mass is 194 g/mol. The average Bonchev–Trinajstić information content (AvgIpc) is 2.17. The largest absolute Gasteiger partial charge is 0.480 e. The topological polar surface area (TPSA) is 35.0 Å². The van der Waals surface area contributed by atoms with Crippen molar-refractivity contribution in [3.05, 3.63) is 29.4 Å². The third kappa shape index (κ3) is 1.55. The first-order valence-electron chi connectivity index (χ1n) is 3.76. The van der Waals surface area contributed by atoms with Crippen LogP contribution >= 0.6 is 11.6 Å². The normalized spacial score (nSPS) is 10.3. The summed E-state index contributed by atoms with van der Waals surface area (Å²) in [6, 6.07) is 5.36. The van der Waals surface area contributed by atoms with Crippen molar-refractivity contribution in [2.45, 2.75) is 0 Å². The van der Waals surface area contributed by atoms with E-state index >= 15 is 0 Å². The summed E-state index contributed by atoms with van der Waals surface area (Å²) < 4.78 is 4.95. The highest BCUT2D eigenvalue weighted by atomic mass is 35.5. The molecule has 13 heavy (non-hydrogen) atoms. The molecule has 0 aliphatic carbocycles. The minimum atomic E-state index is 0.509. The Kier molecular flexibility index (Phi) is 2.02. The summed E-state index contributed by atoms with van der Waals surface area (Å²) in [6.07, 6.45) is 1.57. The number of nitrogens with zero attached hydrogens (tertiary/aromatic N) is 2. The Hall–Kier alpha value is -1.35. The Bertz CT molecular complexity index is 445. The molecule has 0 fully saturated rings. The van der Waals surface area contributed by atoms with Crippen molar-refractivity contribution < 1.29 is 4.74 Å². The van der Waals surface area contributed by atoms with E-state index in [4.69, 9.17) is 16.3 Å². The molecule has 2 rings (SSSR count). The van der Waals surface area contributed by atoms with Crippen LogP contribution in [0.1, 0.15) is 0 Å². The van der Waals surface area contributed by atoms with E-state index in [2.05, 4.69) is 9.97 Å². The fraction of sp³-hybridized carbons (Fsp3) is 0.111. The van der Waals surface area contributed by atoms with Gasteiger partial charge in [-0.15, -0.1) is 0 Å². The van der Waals surface area contributed by atoms with Gasteiger partial charge in [-0.05, 0) is 18.2 Å². The quantitative estimate of drug-likeness (QED) is 0.699. The first-order valence-corrected chi connectivity index (χ1v) is 4.14. The third-order valence-electron chi connectivity index (χ3n) is 1.69. The highest BCUT2D eigenvalue weighted by Crippen LogP contribution is 2.17. The molecule has 3 nitrogen and oxygen atoms in total. The molecule has 0 bridgehead atoms. The minimum absolute atomic E-state index is 0.509. The van der Waals surface area contributed by atoms with E-state index in [1.165, 1.54) is 0 Å². The summed E-state index contributed by atoms with van der Waals surface area (Å²) in [5, 5.41) is 0.659. The third-order valence-corrected chi connectivity index (χ3v) is 1.93. The zero-order chi connectivity index (χ0) is 9.26.